The van der Waals surface area contributed by atoms with Crippen LogP contribution in [0.25, 0.3) is 4.96 Å². The normalized spacial score (nSPS) is 12.0. The predicted octanol–water partition coefficient (Wildman–Crippen LogP) is 4.35. The molecule has 0 atom stereocenters. The van der Waals surface area contributed by atoms with Crippen molar-refractivity contribution in [2.45, 2.75) is 20.0 Å². The summed E-state index contributed by atoms with van der Waals surface area (Å²) < 4.78 is 40.9. The summed E-state index contributed by atoms with van der Waals surface area (Å²) in [7, 11) is 0. The van der Waals surface area contributed by atoms with Gasteiger partial charge in [0, 0.05) is 11.1 Å². The van der Waals surface area contributed by atoms with Gasteiger partial charge < -0.3 is 5.32 Å². The third-order valence-corrected chi connectivity index (χ3v) is 4.72. The minimum atomic E-state index is -4.47. The zero-order chi connectivity index (χ0) is 18.9. The second-order valence-corrected chi connectivity index (χ2v) is 6.69. The predicted molar refractivity (Wildman–Crippen MR) is 101 cm³/mol. The number of aryl methyl sites for hydroxylation is 2. The Hall–Kier alpha value is -2.46. The van der Waals surface area contributed by atoms with E-state index in [4.69, 9.17) is 12.2 Å². The van der Waals surface area contributed by atoms with E-state index in [0.29, 0.717) is 0 Å². The molecule has 0 amide bonds. The van der Waals surface area contributed by atoms with Gasteiger partial charge in [-0.1, -0.05) is 12.1 Å². The highest BCUT2D eigenvalue weighted by atomic mass is 32.1. The van der Waals surface area contributed by atoms with Gasteiger partial charge in [0.15, 0.2) is 10.1 Å². The Bertz CT molecular complexity index is 988. The number of benzene rings is 1. The van der Waals surface area contributed by atoms with Crippen LogP contribution in [0.15, 0.2) is 34.7 Å². The SMILES string of the molecule is Cc1nc2scc(C)n2c1/C=N\NC(=S)Nc1ccccc1C(F)(F)F. The average molecular weight is 397 g/mol. The number of anilines is 1. The number of aromatic nitrogens is 2. The Morgan fingerprint density at radius 3 is 2.77 bits per heavy atom. The van der Waals surface area contributed by atoms with Gasteiger partial charge in [-0.15, -0.1) is 11.3 Å². The standard InChI is InChI=1S/C16H14F3N5S2/c1-9-8-26-15-21-10(2)13(24(9)15)7-20-23-14(25)22-12-6-4-3-5-11(12)16(17,18)19/h3-8H,1-2H3,(H2,22,23,25)/b20-7-. The minimum Gasteiger partial charge on any atom is -0.331 e. The van der Waals surface area contributed by atoms with E-state index in [-0.39, 0.29) is 10.8 Å². The zero-order valence-corrected chi connectivity index (χ0v) is 15.4. The van der Waals surface area contributed by atoms with Crippen molar-refractivity contribution in [1.82, 2.24) is 14.8 Å². The van der Waals surface area contributed by atoms with Crippen molar-refractivity contribution in [3.63, 3.8) is 0 Å². The summed E-state index contributed by atoms with van der Waals surface area (Å²) in [5.74, 6) is 0. The quantitative estimate of drug-likeness (QED) is 0.392. The fourth-order valence-electron chi connectivity index (χ4n) is 2.42. The van der Waals surface area contributed by atoms with E-state index in [9.17, 15) is 13.2 Å². The van der Waals surface area contributed by atoms with Gasteiger partial charge in [0.1, 0.15) is 0 Å². The third kappa shape index (κ3) is 3.70. The van der Waals surface area contributed by atoms with Crippen LogP contribution in [0, 0.1) is 13.8 Å². The number of thiocarbonyl (C=S) groups is 1. The Morgan fingerprint density at radius 1 is 1.31 bits per heavy atom. The number of alkyl halides is 3. The highest BCUT2D eigenvalue weighted by Gasteiger charge is 2.33. The molecule has 2 N–H and O–H groups in total. The number of hydrogen-bond donors (Lipinski definition) is 2. The Balaban J connectivity index is 1.73. The molecule has 0 saturated carbocycles. The molecule has 0 spiro atoms. The number of rotatable bonds is 3. The molecule has 3 rings (SSSR count). The molecule has 0 radical (unpaired) electrons. The van der Waals surface area contributed by atoms with Crippen LogP contribution in [0.2, 0.25) is 0 Å². The number of halogens is 3. The van der Waals surface area contributed by atoms with Gasteiger partial charge in [0.2, 0.25) is 0 Å². The fraction of sp³-hybridized carbons (Fsp3) is 0.188. The van der Waals surface area contributed by atoms with Crippen LogP contribution < -0.4 is 10.7 Å². The zero-order valence-electron chi connectivity index (χ0n) is 13.8. The van der Waals surface area contributed by atoms with Gasteiger partial charge in [-0.3, -0.25) is 9.83 Å². The average Bonchev–Trinajstić information content (AvgIpc) is 3.07. The van der Waals surface area contributed by atoms with Crippen molar-refractivity contribution in [3.8, 4) is 0 Å². The van der Waals surface area contributed by atoms with E-state index in [1.165, 1.54) is 29.5 Å². The smallest absolute Gasteiger partial charge is 0.331 e. The summed E-state index contributed by atoms with van der Waals surface area (Å²) >= 11 is 6.55. The van der Waals surface area contributed by atoms with Crippen molar-refractivity contribution < 1.29 is 13.2 Å². The van der Waals surface area contributed by atoms with Crippen LogP contribution in [-0.2, 0) is 6.18 Å². The number of fused-ring (bicyclic) bond motifs is 1. The van der Waals surface area contributed by atoms with E-state index in [2.05, 4.69) is 20.8 Å². The second-order valence-electron chi connectivity index (χ2n) is 5.44. The van der Waals surface area contributed by atoms with Crippen molar-refractivity contribution in [2.75, 3.05) is 5.32 Å². The molecule has 0 saturated heterocycles. The molecule has 2 aromatic heterocycles. The molecule has 5 nitrogen and oxygen atoms in total. The Kier molecular flexibility index (Phi) is 4.97. The Morgan fingerprint density at radius 2 is 2.04 bits per heavy atom. The summed E-state index contributed by atoms with van der Waals surface area (Å²) in [5, 5.41) is 8.47. The molecule has 0 fully saturated rings. The molecule has 0 aliphatic rings. The minimum absolute atomic E-state index is 0.0431. The van der Waals surface area contributed by atoms with Crippen molar-refractivity contribution >= 4 is 45.5 Å². The molecular formula is C16H14F3N5S2. The van der Waals surface area contributed by atoms with E-state index in [1.807, 2.05) is 23.6 Å². The first-order chi connectivity index (χ1) is 12.3. The van der Waals surface area contributed by atoms with Crippen molar-refractivity contribution in [1.29, 1.82) is 0 Å². The molecule has 10 heteroatoms. The molecule has 0 aliphatic heterocycles. The van der Waals surface area contributed by atoms with Crippen LogP contribution in [-0.4, -0.2) is 20.7 Å². The summed E-state index contributed by atoms with van der Waals surface area (Å²) in [6.45, 7) is 3.81. The Labute approximate surface area is 156 Å². The second kappa shape index (κ2) is 7.04. The number of thiazole rings is 1. The molecular weight excluding hydrogens is 383 g/mol. The van der Waals surface area contributed by atoms with Gasteiger partial charge >= 0.3 is 6.18 Å². The largest absolute Gasteiger partial charge is 0.418 e. The maximum atomic E-state index is 13.0. The molecule has 0 unspecified atom stereocenters. The van der Waals surface area contributed by atoms with Gasteiger partial charge in [0.05, 0.1) is 28.9 Å². The summed E-state index contributed by atoms with van der Waals surface area (Å²) in [6.07, 6.45) is -2.93. The number of hydrazone groups is 1. The maximum Gasteiger partial charge on any atom is 0.418 e. The highest BCUT2D eigenvalue weighted by molar-refractivity contribution is 7.80. The monoisotopic (exact) mass is 397 g/mol. The van der Waals surface area contributed by atoms with Crippen molar-refractivity contribution in [2.24, 2.45) is 5.10 Å². The lowest BCUT2D eigenvalue weighted by Crippen LogP contribution is -2.25. The lowest BCUT2D eigenvalue weighted by molar-refractivity contribution is -0.136. The molecule has 0 bridgehead atoms. The van der Waals surface area contributed by atoms with Crippen molar-refractivity contribution in [3.05, 3.63) is 52.3 Å². The number of hydrogen-bond acceptors (Lipinski definition) is 4. The molecule has 136 valence electrons. The number of imidazole rings is 1. The molecule has 26 heavy (non-hydrogen) atoms. The molecule has 1 aromatic carbocycles. The number of para-hydroxylation sites is 1. The fourth-order valence-corrected chi connectivity index (χ4v) is 3.50. The van der Waals surface area contributed by atoms with Crippen LogP contribution in [0.3, 0.4) is 0 Å². The maximum absolute atomic E-state index is 13.0. The van der Waals surface area contributed by atoms with E-state index in [1.54, 1.807) is 6.21 Å². The first-order valence-corrected chi connectivity index (χ1v) is 8.75. The lowest BCUT2D eigenvalue weighted by atomic mass is 10.2. The van der Waals surface area contributed by atoms with E-state index >= 15 is 0 Å². The van der Waals surface area contributed by atoms with Crippen LogP contribution >= 0.6 is 23.6 Å². The van der Waals surface area contributed by atoms with Gasteiger partial charge in [-0.05, 0) is 38.2 Å². The van der Waals surface area contributed by atoms with Gasteiger partial charge in [0.25, 0.3) is 0 Å². The van der Waals surface area contributed by atoms with Crippen LogP contribution in [0.1, 0.15) is 22.6 Å². The topological polar surface area (TPSA) is 53.7 Å². The van der Waals surface area contributed by atoms with Crippen LogP contribution in [0.5, 0.6) is 0 Å². The summed E-state index contributed by atoms with van der Waals surface area (Å²) in [5.41, 5.74) is 4.21. The number of nitrogens with zero attached hydrogens (tertiary/aromatic N) is 3. The lowest BCUT2D eigenvalue weighted by Gasteiger charge is -2.14. The number of nitrogens with one attached hydrogen (secondary N) is 2. The summed E-state index contributed by atoms with van der Waals surface area (Å²) in [4.78, 5) is 5.28. The summed E-state index contributed by atoms with van der Waals surface area (Å²) in [6, 6.07) is 5.11. The highest BCUT2D eigenvalue weighted by Crippen LogP contribution is 2.34. The van der Waals surface area contributed by atoms with E-state index in [0.717, 1.165) is 28.1 Å². The first kappa shape index (κ1) is 18.3. The first-order valence-electron chi connectivity index (χ1n) is 7.47. The molecule has 0 aliphatic carbocycles. The molecule has 2 heterocycles. The van der Waals surface area contributed by atoms with Gasteiger partial charge in [-0.25, -0.2) is 4.98 Å². The van der Waals surface area contributed by atoms with Crippen LogP contribution in [0.4, 0.5) is 18.9 Å². The van der Waals surface area contributed by atoms with E-state index < -0.39 is 11.7 Å². The van der Waals surface area contributed by atoms with Gasteiger partial charge in [-0.2, -0.15) is 18.3 Å². The third-order valence-electron chi connectivity index (χ3n) is 3.59. The molecule has 3 aromatic rings.